The molecule has 1 fully saturated rings. The number of hydrogen-bond acceptors (Lipinski definition) is 1. The van der Waals surface area contributed by atoms with Crippen molar-refractivity contribution >= 4 is 21.8 Å². The van der Waals surface area contributed by atoms with Crippen molar-refractivity contribution in [2.24, 2.45) is 10.8 Å². The molecule has 1 aliphatic rings. The van der Waals surface area contributed by atoms with E-state index in [-0.39, 0.29) is 28.3 Å². The Kier molecular flexibility index (Phi) is 3.05. The van der Waals surface area contributed by atoms with Gasteiger partial charge in [-0.25, -0.2) is 4.39 Å². The molecule has 1 aliphatic carbocycles. The zero-order valence-electron chi connectivity index (χ0n) is 11.0. The van der Waals surface area contributed by atoms with E-state index in [0.717, 1.165) is 0 Å². The standard InChI is InChI=1S/C14H17BrFNO/c1-13(2)12(14(13,3)4)17-11(18)8-6-5-7-9(15)10(8)16/h5-7,12H,1-4H3,(H,17,18). The van der Waals surface area contributed by atoms with Crippen molar-refractivity contribution < 1.29 is 9.18 Å². The molecule has 0 atom stereocenters. The maximum absolute atomic E-state index is 13.8. The minimum Gasteiger partial charge on any atom is -0.348 e. The van der Waals surface area contributed by atoms with Gasteiger partial charge in [-0.2, -0.15) is 0 Å². The van der Waals surface area contributed by atoms with Gasteiger partial charge in [0.2, 0.25) is 0 Å². The van der Waals surface area contributed by atoms with Crippen LogP contribution in [0.1, 0.15) is 38.1 Å². The van der Waals surface area contributed by atoms with Gasteiger partial charge < -0.3 is 5.32 Å². The lowest BCUT2D eigenvalue weighted by atomic mass is 10.0. The van der Waals surface area contributed by atoms with E-state index in [2.05, 4.69) is 48.9 Å². The molecule has 1 aromatic carbocycles. The van der Waals surface area contributed by atoms with Crippen LogP contribution in [0.15, 0.2) is 22.7 Å². The van der Waals surface area contributed by atoms with Crippen LogP contribution in [0.2, 0.25) is 0 Å². The molecular formula is C14H17BrFNO. The van der Waals surface area contributed by atoms with Crippen molar-refractivity contribution in [3.05, 3.63) is 34.1 Å². The van der Waals surface area contributed by atoms with Crippen LogP contribution in [0, 0.1) is 16.6 Å². The number of benzene rings is 1. The topological polar surface area (TPSA) is 29.1 Å². The molecule has 0 heterocycles. The highest BCUT2D eigenvalue weighted by Crippen LogP contribution is 2.62. The molecule has 18 heavy (non-hydrogen) atoms. The lowest BCUT2D eigenvalue weighted by Gasteiger charge is -2.08. The summed E-state index contributed by atoms with van der Waals surface area (Å²) in [7, 11) is 0. The van der Waals surface area contributed by atoms with E-state index in [1.165, 1.54) is 6.07 Å². The van der Waals surface area contributed by atoms with Gasteiger partial charge in [0, 0.05) is 6.04 Å². The molecule has 0 spiro atoms. The highest BCUT2D eigenvalue weighted by molar-refractivity contribution is 9.10. The summed E-state index contributed by atoms with van der Waals surface area (Å²) >= 11 is 3.09. The van der Waals surface area contributed by atoms with Gasteiger partial charge in [-0.05, 0) is 38.9 Å². The molecule has 1 amide bonds. The minimum absolute atomic E-state index is 0.0468. The summed E-state index contributed by atoms with van der Waals surface area (Å²) in [4.78, 5) is 12.1. The number of carbonyl (C=O) groups is 1. The van der Waals surface area contributed by atoms with Crippen LogP contribution < -0.4 is 5.32 Å². The maximum Gasteiger partial charge on any atom is 0.254 e. The average molecular weight is 314 g/mol. The third-order valence-corrected chi connectivity index (χ3v) is 5.10. The van der Waals surface area contributed by atoms with E-state index >= 15 is 0 Å². The molecule has 1 aromatic rings. The van der Waals surface area contributed by atoms with Crippen LogP contribution in [0.4, 0.5) is 4.39 Å². The lowest BCUT2D eigenvalue weighted by molar-refractivity contribution is 0.0939. The monoisotopic (exact) mass is 313 g/mol. The molecule has 4 heteroatoms. The van der Waals surface area contributed by atoms with Crippen LogP contribution in [0.3, 0.4) is 0 Å². The fourth-order valence-corrected chi connectivity index (χ4v) is 2.81. The minimum atomic E-state index is -0.508. The molecule has 0 aliphatic heterocycles. The maximum atomic E-state index is 13.8. The fraction of sp³-hybridized carbons (Fsp3) is 0.500. The van der Waals surface area contributed by atoms with Gasteiger partial charge in [0.15, 0.2) is 0 Å². The third kappa shape index (κ3) is 1.87. The summed E-state index contributed by atoms with van der Waals surface area (Å²) in [6.45, 7) is 8.43. The molecule has 1 saturated carbocycles. The third-order valence-electron chi connectivity index (χ3n) is 4.49. The van der Waals surface area contributed by atoms with Crippen LogP contribution in [0.25, 0.3) is 0 Å². The van der Waals surface area contributed by atoms with Crippen molar-refractivity contribution in [1.82, 2.24) is 5.32 Å². The molecule has 2 nitrogen and oxygen atoms in total. The Morgan fingerprint density at radius 2 is 1.83 bits per heavy atom. The number of carbonyl (C=O) groups excluding carboxylic acids is 1. The van der Waals surface area contributed by atoms with Crippen molar-refractivity contribution in [3.63, 3.8) is 0 Å². The molecule has 0 aromatic heterocycles. The van der Waals surface area contributed by atoms with Gasteiger partial charge in [-0.15, -0.1) is 0 Å². The SMILES string of the molecule is CC1(C)C(NC(=O)c2cccc(Br)c2F)C1(C)C. The summed E-state index contributed by atoms with van der Waals surface area (Å²) in [5.41, 5.74) is 0.180. The Labute approximate surface area is 115 Å². The van der Waals surface area contributed by atoms with E-state index in [4.69, 9.17) is 0 Å². The van der Waals surface area contributed by atoms with Crippen LogP contribution in [-0.2, 0) is 0 Å². The summed E-state index contributed by atoms with van der Waals surface area (Å²) in [6.07, 6.45) is 0. The first-order valence-electron chi connectivity index (χ1n) is 5.94. The molecule has 0 radical (unpaired) electrons. The normalized spacial score (nSPS) is 20.6. The molecule has 0 saturated heterocycles. The molecule has 2 rings (SSSR count). The quantitative estimate of drug-likeness (QED) is 0.885. The smallest absolute Gasteiger partial charge is 0.254 e. The second-order valence-corrected chi connectivity index (χ2v) is 6.81. The van der Waals surface area contributed by atoms with Crippen molar-refractivity contribution in [1.29, 1.82) is 0 Å². The van der Waals surface area contributed by atoms with Gasteiger partial charge in [-0.3, -0.25) is 4.79 Å². The molecule has 0 unspecified atom stereocenters. The van der Waals surface area contributed by atoms with E-state index < -0.39 is 5.82 Å². The Balaban J connectivity index is 2.18. The average Bonchev–Trinajstić information content (AvgIpc) is 2.65. The van der Waals surface area contributed by atoms with Crippen molar-refractivity contribution in [2.75, 3.05) is 0 Å². The van der Waals surface area contributed by atoms with E-state index in [1.807, 2.05) is 0 Å². The second-order valence-electron chi connectivity index (χ2n) is 5.95. The second kappa shape index (κ2) is 4.05. The summed E-state index contributed by atoms with van der Waals surface area (Å²) in [5, 5.41) is 2.92. The Morgan fingerprint density at radius 1 is 1.28 bits per heavy atom. The summed E-state index contributed by atoms with van der Waals surface area (Å²) < 4.78 is 14.1. The zero-order valence-corrected chi connectivity index (χ0v) is 12.6. The van der Waals surface area contributed by atoms with Gasteiger partial charge in [0.05, 0.1) is 10.0 Å². The number of amides is 1. The molecular weight excluding hydrogens is 297 g/mol. The largest absolute Gasteiger partial charge is 0.348 e. The van der Waals surface area contributed by atoms with Crippen LogP contribution in [-0.4, -0.2) is 11.9 Å². The number of rotatable bonds is 2. The van der Waals surface area contributed by atoms with Crippen LogP contribution in [0.5, 0.6) is 0 Å². The Hall–Kier alpha value is -0.900. The number of halogens is 2. The first-order valence-corrected chi connectivity index (χ1v) is 6.74. The van der Waals surface area contributed by atoms with Gasteiger partial charge in [-0.1, -0.05) is 33.8 Å². The van der Waals surface area contributed by atoms with Crippen molar-refractivity contribution in [2.45, 2.75) is 33.7 Å². The number of nitrogens with one attached hydrogen (secondary N) is 1. The number of hydrogen-bond donors (Lipinski definition) is 1. The molecule has 0 bridgehead atoms. The Morgan fingerprint density at radius 3 is 2.33 bits per heavy atom. The van der Waals surface area contributed by atoms with Gasteiger partial charge >= 0.3 is 0 Å². The Bertz CT molecular complexity index is 497. The first-order chi connectivity index (χ1) is 8.19. The van der Waals surface area contributed by atoms with Gasteiger partial charge in [0.25, 0.3) is 5.91 Å². The fourth-order valence-electron chi connectivity index (χ4n) is 2.45. The predicted octanol–water partition coefficient (Wildman–Crippen LogP) is 3.75. The predicted molar refractivity (Wildman–Crippen MR) is 72.9 cm³/mol. The summed E-state index contributed by atoms with van der Waals surface area (Å²) in [5.74, 6) is -0.858. The zero-order chi connectivity index (χ0) is 13.7. The molecule has 98 valence electrons. The molecule has 1 N–H and O–H groups in total. The van der Waals surface area contributed by atoms with Crippen LogP contribution >= 0.6 is 15.9 Å². The summed E-state index contributed by atoms with van der Waals surface area (Å²) in [6, 6.07) is 4.82. The van der Waals surface area contributed by atoms with E-state index in [0.29, 0.717) is 4.47 Å². The highest BCUT2D eigenvalue weighted by Gasteiger charge is 2.65. The van der Waals surface area contributed by atoms with Crippen molar-refractivity contribution in [3.8, 4) is 0 Å². The van der Waals surface area contributed by atoms with Gasteiger partial charge in [0.1, 0.15) is 5.82 Å². The van der Waals surface area contributed by atoms with E-state index in [9.17, 15) is 9.18 Å². The van der Waals surface area contributed by atoms with E-state index in [1.54, 1.807) is 12.1 Å². The highest BCUT2D eigenvalue weighted by atomic mass is 79.9. The lowest BCUT2D eigenvalue weighted by Crippen LogP contribution is -2.30. The first kappa shape index (κ1) is 13.5.